The first-order valence-corrected chi connectivity index (χ1v) is 6.36. The van der Waals surface area contributed by atoms with Crippen molar-refractivity contribution in [2.24, 2.45) is 0 Å². The molecule has 4 heteroatoms. The van der Waals surface area contributed by atoms with Crippen LogP contribution in [0.5, 0.6) is 0 Å². The first-order chi connectivity index (χ1) is 8.69. The molecule has 2 amide bonds. The highest BCUT2D eigenvalue weighted by molar-refractivity contribution is 5.74. The van der Waals surface area contributed by atoms with Crippen molar-refractivity contribution >= 4 is 6.03 Å². The Morgan fingerprint density at radius 3 is 2.61 bits per heavy atom. The third kappa shape index (κ3) is 4.37. The van der Waals surface area contributed by atoms with Gasteiger partial charge in [-0.25, -0.2) is 4.79 Å². The first-order valence-electron chi connectivity index (χ1n) is 6.36. The number of aliphatic hydroxyl groups is 1. The lowest BCUT2D eigenvalue weighted by molar-refractivity contribution is 0.204. The van der Waals surface area contributed by atoms with Crippen LogP contribution in [0.2, 0.25) is 0 Å². The van der Waals surface area contributed by atoms with Crippen LogP contribution in [0.3, 0.4) is 0 Å². The van der Waals surface area contributed by atoms with E-state index >= 15 is 0 Å². The average Bonchev–Trinajstić information content (AvgIpc) is 2.43. The molecule has 0 heterocycles. The number of amides is 2. The zero-order valence-corrected chi connectivity index (χ0v) is 11.1. The van der Waals surface area contributed by atoms with Gasteiger partial charge in [-0.3, -0.25) is 0 Å². The van der Waals surface area contributed by atoms with Gasteiger partial charge in [0.05, 0.1) is 6.04 Å². The molecule has 18 heavy (non-hydrogen) atoms. The Labute approximate surface area is 109 Å². The molecule has 4 nitrogen and oxygen atoms in total. The maximum atomic E-state index is 11.9. The van der Waals surface area contributed by atoms with E-state index in [0.29, 0.717) is 13.0 Å². The topological polar surface area (TPSA) is 52.6 Å². The highest BCUT2D eigenvalue weighted by Crippen LogP contribution is 2.18. The molecule has 0 bridgehead atoms. The summed E-state index contributed by atoms with van der Waals surface area (Å²) in [7, 11) is 1.77. The Balaban J connectivity index is 2.70. The second-order valence-electron chi connectivity index (χ2n) is 4.29. The van der Waals surface area contributed by atoms with Gasteiger partial charge in [-0.2, -0.15) is 0 Å². The van der Waals surface area contributed by atoms with Crippen molar-refractivity contribution in [1.29, 1.82) is 0 Å². The molecule has 100 valence electrons. The number of nitrogens with zero attached hydrogens (tertiary/aromatic N) is 1. The summed E-state index contributed by atoms with van der Waals surface area (Å²) >= 11 is 0. The predicted molar refractivity (Wildman–Crippen MR) is 72.3 cm³/mol. The molecular formula is C14H22N2O2. The SMILES string of the molecule is CCN(C)C(=O)NC(CCCO)c1ccccc1. The number of urea groups is 1. The van der Waals surface area contributed by atoms with Crippen molar-refractivity contribution in [3.05, 3.63) is 35.9 Å². The standard InChI is InChI=1S/C14H22N2O2/c1-3-16(2)14(18)15-13(10-7-11-17)12-8-5-4-6-9-12/h4-6,8-9,13,17H,3,7,10-11H2,1-2H3,(H,15,18). The maximum absolute atomic E-state index is 11.9. The number of aliphatic hydroxyl groups excluding tert-OH is 1. The molecule has 0 spiro atoms. The molecule has 0 radical (unpaired) electrons. The molecule has 0 aromatic heterocycles. The van der Waals surface area contributed by atoms with Crippen molar-refractivity contribution in [2.45, 2.75) is 25.8 Å². The predicted octanol–water partition coefficient (Wildman–Crippen LogP) is 2.16. The van der Waals surface area contributed by atoms with E-state index in [-0.39, 0.29) is 18.7 Å². The number of hydrogen-bond donors (Lipinski definition) is 2. The van der Waals surface area contributed by atoms with E-state index < -0.39 is 0 Å². The number of nitrogens with one attached hydrogen (secondary N) is 1. The first kappa shape index (κ1) is 14.5. The van der Waals surface area contributed by atoms with Crippen molar-refractivity contribution in [1.82, 2.24) is 10.2 Å². The van der Waals surface area contributed by atoms with Gasteiger partial charge >= 0.3 is 6.03 Å². The molecule has 2 N–H and O–H groups in total. The fourth-order valence-electron chi connectivity index (χ4n) is 1.71. The van der Waals surface area contributed by atoms with Crippen LogP contribution in [0.15, 0.2) is 30.3 Å². The monoisotopic (exact) mass is 250 g/mol. The number of benzene rings is 1. The Kier molecular flexibility index (Phi) is 6.22. The second-order valence-corrected chi connectivity index (χ2v) is 4.29. The zero-order chi connectivity index (χ0) is 13.4. The van der Waals surface area contributed by atoms with Crippen molar-refractivity contribution in [3.8, 4) is 0 Å². The molecule has 1 aromatic rings. The van der Waals surface area contributed by atoms with Crippen molar-refractivity contribution in [3.63, 3.8) is 0 Å². The van der Waals surface area contributed by atoms with Crippen LogP contribution in [0.1, 0.15) is 31.4 Å². The van der Waals surface area contributed by atoms with E-state index in [2.05, 4.69) is 5.32 Å². The van der Waals surface area contributed by atoms with E-state index in [1.54, 1.807) is 11.9 Å². The van der Waals surface area contributed by atoms with Gasteiger partial charge in [0.1, 0.15) is 0 Å². The number of rotatable bonds is 6. The molecular weight excluding hydrogens is 228 g/mol. The molecule has 1 aromatic carbocycles. The minimum atomic E-state index is -0.0794. The largest absolute Gasteiger partial charge is 0.396 e. The Hall–Kier alpha value is -1.55. The van der Waals surface area contributed by atoms with E-state index in [4.69, 9.17) is 5.11 Å². The minimum absolute atomic E-state index is 0.0418. The fraction of sp³-hybridized carbons (Fsp3) is 0.500. The van der Waals surface area contributed by atoms with Crippen LogP contribution in [0.4, 0.5) is 4.79 Å². The van der Waals surface area contributed by atoms with E-state index in [1.165, 1.54) is 0 Å². The summed E-state index contributed by atoms with van der Waals surface area (Å²) in [5, 5.41) is 11.9. The highest BCUT2D eigenvalue weighted by Gasteiger charge is 2.15. The average molecular weight is 250 g/mol. The van der Waals surface area contributed by atoms with Gasteiger partial charge in [-0.05, 0) is 25.3 Å². The third-order valence-electron chi connectivity index (χ3n) is 2.97. The van der Waals surface area contributed by atoms with Gasteiger partial charge < -0.3 is 15.3 Å². The zero-order valence-electron chi connectivity index (χ0n) is 11.1. The third-order valence-corrected chi connectivity index (χ3v) is 2.97. The number of carbonyl (C=O) groups excluding carboxylic acids is 1. The summed E-state index contributed by atoms with van der Waals surface area (Å²) in [6.45, 7) is 2.75. The Bertz CT molecular complexity index is 354. The molecule has 0 aliphatic heterocycles. The molecule has 1 atom stereocenters. The summed E-state index contributed by atoms with van der Waals surface area (Å²) in [5.41, 5.74) is 1.07. The van der Waals surface area contributed by atoms with E-state index in [1.807, 2.05) is 37.3 Å². The van der Waals surface area contributed by atoms with Gasteiger partial charge in [0, 0.05) is 20.2 Å². The summed E-state index contributed by atoms with van der Waals surface area (Å²) in [5.74, 6) is 0. The second kappa shape index (κ2) is 7.71. The number of hydrogen-bond acceptors (Lipinski definition) is 2. The Morgan fingerprint density at radius 2 is 2.06 bits per heavy atom. The van der Waals surface area contributed by atoms with Crippen LogP contribution >= 0.6 is 0 Å². The van der Waals surface area contributed by atoms with E-state index in [0.717, 1.165) is 12.0 Å². The van der Waals surface area contributed by atoms with Gasteiger partial charge in [-0.1, -0.05) is 30.3 Å². The maximum Gasteiger partial charge on any atom is 0.317 e. The summed E-state index contributed by atoms with van der Waals surface area (Å²) < 4.78 is 0. The normalized spacial score (nSPS) is 11.9. The smallest absolute Gasteiger partial charge is 0.317 e. The lowest BCUT2D eigenvalue weighted by Gasteiger charge is -2.23. The number of carbonyl (C=O) groups is 1. The molecule has 0 aliphatic rings. The molecule has 1 unspecified atom stereocenters. The summed E-state index contributed by atoms with van der Waals surface area (Å²) in [6, 6.07) is 9.73. The minimum Gasteiger partial charge on any atom is -0.396 e. The van der Waals surface area contributed by atoms with Crippen LogP contribution < -0.4 is 5.32 Å². The lowest BCUT2D eigenvalue weighted by Crippen LogP contribution is -2.39. The van der Waals surface area contributed by atoms with Crippen LogP contribution in [-0.2, 0) is 0 Å². The molecule has 1 rings (SSSR count). The molecule has 0 aliphatic carbocycles. The van der Waals surface area contributed by atoms with Gasteiger partial charge in [0.15, 0.2) is 0 Å². The van der Waals surface area contributed by atoms with Gasteiger partial charge in [-0.15, -0.1) is 0 Å². The van der Waals surface area contributed by atoms with Crippen LogP contribution in [0, 0.1) is 0 Å². The van der Waals surface area contributed by atoms with Crippen LogP contribution in [-0.4, -0.2) is 36.2 Å². The Morgan fingerprint density at radius 1 is 1.39 bits per heavy atom. The van der Waals surface area contributed by atoms with Crippen LogP contribution in [0.25, 0.3) is 0 Å². The lowest BCUT2D eigenvalue weighted by atomic mass is 10.0. The van der Waals surface area contributed by atoms with Crippen molar-refractivity contribution in [2.75, 3.05) is 20.2 Å². The fourth-order valence-corrected chi connectivity index (χ4v) is 1.71. The van der Waals surface area contributed by atoms with Gasteiger partial charge in [0.25, 0.3) is 0 Å². The highest BCUT2D eigenvalue weighted by atomic mass is 16.3. The molecule has 0 fully saturated rings. The van der Waals surface area contributed by atoms with E-state index in [9.17, 15) is 4.79 Å². The van der Waals surface area contributed by atoms with Crippen molar-refractivity contribution < 1.29 is 9.90 Å². The molecule has 0 saturated heterocycles. The summed E-state index contributed by atoms with van der Waals surface area (Å²) in [4.78, 5) is 13.5. The molecule has 0 saturated carbocycles. The quantitative estimate of drug-likeness (QED) is 0.813. The van der Waals surface area contributed by atoms with Gasteiger partial charge in [0.2, 0.25) is 0 Å². The summed E-state index contributed by atoms with van der Waals surface area (Å²) in [6.07, 6.45) is 1.42.